The van der Waals surface area contributed by atoms with E-state index in [9.17, 15) is 4.79 Å². The molecule has 3 aliphatic rings. The topological polar surface area (TPSA) is 110 Å². The molecule has 2 N–H and O–H groups in total. The minimum absolute atomic E-state index is 0.0238. The Hall–Kier alpha value is -3.79. The summed E-state index contributed by atoms with van der Waals surface area (Å²) in [7, 11) is 1.82. The van der Waals surface area contributed by atoms with Crippen molar-refractivity contribution in [3.05, 3.63) is 36.8 Å². The zero-order valence-corrected chi connectivity index (χ0v) is 18.7. The molecular weight excluding hydrogens is 432 g/mol. The first-order valence-electron chi connectivity index (χ1n) is 11.7. The quantitative estimate of drug-likeness (QED) is 0.472. The van der Waals surface area contributed by atoms with Crippen molar-refractivity contribution in [2.75, 3.05) is 35.7 Å². The minimum Gasteiger partial charge on any atom is -0.374 e. The van der Waals surface area contributed by atoms with Crippen LogP contribution in [0.25, 0.3) is 27.8 Å². The highest BCUT2D eigenvalue weighted by molar-refractivity contribution is 6.03. The summed E-state index contributed by atoms with van der Waals surface area (Å²) in [6.45, 7) is 1.70. The van der Waals surface area contributed by atoms with Crippen molar-refractivity contribution in [2.24, 2.45) is 5.92 Å². The van der Waals surface area contributed by atoms with Gasteiger partial charge in [0.05, 0.1) is 30.6 Å². The summed E-state index contributed by atoms with van der Waals surface area (Å²) in [6.07, 6.45) is 8.84. The molecule has 1 aliphatic carbocycles. The third-order valence-corrected chi connectivity index (χ3v) is 7.00. The Balaban J connectivity index is 1.29. The maximum atomic E-state index is 12.3. The molecule has 7 rings (SSSR count). The largest absolute Gasteiger partial charge is 0.374 e. The van der Waals surface area contributed by atoms with Gasteiger partial charge in [0.2, 0.25) is 5.91 Å². The van der Waals surface area contributed by atoms with E-state index in [0.717, 1.165) is 60.1 Å². The molecule has 10 nitrogen and oxygen atoms in total. The minimum atomic E-state index is 0.0238. The Labute approximate surface area is 195 Å². The first kappa shape index (κ1) is 19.7. The number of hydrogen-bond acceptors (Lipinski definition) is 8. The number of nitrogens with one attached hydrogen (secondary N) is 2. The summed E-state index contributed by atoms with van der Waals surface area (Å²) in [5, 5.41) is 12.6. The van der Waals surface area contributed by atoms with E-state index < -0.39 is 0 Å². The zero-order valence-electron chi connectivity index (χ0n) is 18.7. The van der Waals surface area contributed by atoms with E-state index in [0.29, 0.717) is 29.6 Å². The van der Waals surface area contributed by atoms with Crippen LogP contribution in [-0.4, -0.2) is 62.8 Å². The molecule has 3 fully saturated rings. The molecule has 0 spiro atoms. The van der Waals surface area contributed by atoms with E-state index in [1.165, 1.54) is 0 Å². The molecule has 0 radical (unpaired) electrons. The molecule has 10 heteroatoms. The molecule has 2 bridgehead atoms. The fraction of sp³-hybridized carbons (Fsp3) is 0.375. The Kier molecular flexibility index (Phi) is 4.25. The molecule has 6 heterocycles. The molecule has 1 saturated carbocycles. The number of fused-ring (bicyclic) bond motifs is 4. The Morgan fingerprint density at radius 3 is 2.85 bits per heavy atom. The van der Waals surface area contributed by atoms with Crippen molar-refractivity contribution in [1.29, 1.82) is 0 Å². The second kappa shape index (κ2) is 7.36. The fourth-order valence-corrected chi connectivity index (χ4v) is 5.03. The highest BCUT2D eigenvalue weighted by atomic mass is 16.5. The first-order chi connectivity index (χ1) is 16.7. The molecule has 2 atom stereocenters. The number of carbonyl (C=O) groups excluding carboxylic acids is 1. The number of aromatic nitrogens is 5. The standard InChI is InChI=1S/C24H24N8O2/c1-25-22-18-8-26-20(28-24(33)13-2-3-13)7-17(18)19(9-27-22)23-29-21-5-4-14(10-32(21)30-23)31-11-16-6-15(31)12-34-16/h4-5,7-10,13,15-16H,2-3,6,11-12H2,1H3,(H,25,27)(H,26,28,33)/t15-,16-/m0/s1. The van der Waals surface area contributed by atoms with E-state index >= 15 is 0 Å². The number of anilines is 3. The van der Waals surface area contributed by atoms with Crippen molar-refractivity contribution in [3.63, 3.8) is 0 Å². The molecule has 0 unspecified atom stereocenters. The van der Waals surface area contributed by atoms with E-state index in [2.05, 4.69) is 31.6 Å². The monoisotopic (exact) mass is 456 g/mol. The van der Waals surface area contributed by atoms with Gasteiger partial charge >= 0.3 is 0 Å². The van der Waals surface area contributed by atoms with Crippen molar-refractivity contribution in [3.8, 4) is 11.4 Å². The summed E-state index contributed by atoms with van der Waals surface area (Å²) >= 11 is 0. The molecule has 4 aromatic heterocycles. The lowest BCUT2D eigenvalue weighted by Gasteiger charge is -2.28. The van der Waals surface area contributed by atoms with Crippen LogP contribution < -0.4 is 15.5 Å². The lowest BCUT2D eigenvalue weighted by molar-refractivity contribution is -0.117. The smallest absolute Gasteiger partial charge is 0.228 e. The summed E-state index contributed by atoms with van der Waals surface area (Å²) in [5.74, 6) is 1.94. The normalized spacial score (nSPS) is 21.5. The molecule has 0 aromatic carbocycles. The second-order valence-corrected chi connectivity index (χ2v) is 9.27. The van der Waals surface area contributed by atoms with E-state index in [4.69, 9.17) is 14.8 Å². The first-order valence-corrected chi connectivity index (χ1v) is 11.7. The summed E-state index contributed by atoms with van der Waals surface area (Å²) in [6, 6.07) is 6.42. The van der Waals surface area contributed by atoms with Crippen molar-refractivity contribution < 1.29 is 9.53 Å². The number of hydrogen-bond donors (Lipinski definition) is 2. The van der Waals surface area contributed by atoms with Gasteiger partial charge in [-0.05, 0) is 37.5 Å². The number of amides is 1. The number of carbonyl (C=O) groups is 1. The molecular formula is C24H24N8O2. The summed E-state index contributed by atoms with van der Waals surface area (Å²) in [5.41, 5.74) is 2.68. The summed E-state index contributed by atoms with van der Waals surface area (Å²) in [4.78, 5) is 28.5. The maximum absolute atomic E-state index is 12.3. The van der Waals surface area contributed by atoms with Gasteiger partial charge in [0.15, 0.2) is 11.5 Å². The van der Waals surface area contributed by atoms with Gasteiger partial charge in [0, 0.05) is 48.2 Å². The number of nitrogens with zero attached hydrogens (tertiary/aromatic N) is 6. The van der Waals surface area contributed by atoms with Crippen LogP contribution >= 0.6 is 0 Å². The lowest BCUT2D eigenvalue weighted by Crippen LogP contribution is -2.37. The SMILES string of the molecule is CNc1ncc(-c2nc3ccc(N4C[C@@H]5C[C@H]4CO5)cn3n2)c2cc(NC(=O)C3CC3)ncc12. The molecule has 1 amide bonds. The Morgan fingerprint density at radius 1 is 1.18 bits per heavy atom. The highest BCUT2D eigenvalue weighted by Gasteiger charge is 2.39. The molecule has 34 heavy (non-hydrogen) atoms. The fourth-order valence-electron chi connectivity index (χ4n) is 5.03. The summed E-state index contributed by atoms with van der Waals surface area (Å²) < 4.78 is 7.57. The third kappa shape index (κ3) is 3.17. The van der Waals surface area contributed by atoms with E-state index in [1.807, 2.05) is 29.9 Å². The molecule has 4 aromatic rings. The Bertz CT molecular complexity index is 1450. The lowest BCUT2D eigenvalue weighted by atomic mass is 10.1. The van der Waals surface area contributed by atoms with E-state index in [1.54, 1.807) is 12.4 Å². The number of rotatable bonds is 5. The van der Waals surface area contributed by atoms with Crippen LogP contribution in [0.4, 0.5) is 17.3 Å². The van der Waals surface area contributed by atoms with Gasteiger partial charge in [-0.15, -0.1) is 5.10 Å². The number of ether oxygens (including phenoxy) is 1. The van der Waals surface area contributed by atoms with Crippen LogP contribution in [0.2, 0.25) is 0 Å². The highest BCUT2D eigenvalue weighted by Crippen LogP contribution is 2.35. The van der Waals surface area contributed by atoms with E-state index in [-0.39, 0.29) is 11.8 Å². The van der Waals surface area contributed by atoms with Crippen LogP contribution in [0.5, 0.6) is 0 Å². The van der Waals surface area contributed by atoms with Crippen LogP contribution in [0.1, 0.15) is 19.3 Å². The number of morpholine rings is 1. The zero-order chi connectivity index (χ0) is 22.8. The van der Waals surface area contributed by atoms with Crippen LogP contribution in [0.15, 0.2) is 36.8 Å². The Morgan fingerprint density at radius 2 is 2.09 bits per heavy atom. The van der Waals surface area contributed by atoms with Gasteiger partial charge in [0.25, 0.3) is 0 Å². The van der Waals surface area contributed by atoms with Crippen LogP contribution in [0.3, 0.4) is 0 Å². The van der Waals surface area contributed by atoms with Gasteiger partial charge in [0.1, 0.15) is 11.6 Å². The van der Waals surface area contributed by atoms with Gasteiger partial charge in [-0.25, -0.2) is 19.5 Å². The predicted octanol–water partition coefficient (Wildman–Crippen LogP) is 2.71. The molecule has 2 aliphatic heterocycles. The van der Waals surface area contributed by atoms with Crippen molar-refractivity contribution in [1.82, 2.24) is 24.6 Å². The van der Waals surface area contributed by atoms with Gasteiger partial charge in [-0.3, -0.25) is 4.79 Å². The predicted molar refractivity (Wildman–Crippen MR) is 128 cm³/mol. The van der Waals surface area contributed by atoms with Gasteiger partial charge in [-0.1, -0.05) is 0 Å². The van der Waals surface area contributed by atoms with Crippen LogP contribution in [-0.2, 0) is 9.53 Å². The van der Waals surface area contributed by atoms with Gasteiger partial charge in [-0.2, -0.15) is 0 Å². The van der Waals surface area contributed by atoms with Crippen molar-refractivity contribution in [2.45, 2.75) is 31.4 Å². The van der Waals surface area contributed by atoms with Gasteiger partial charge < -0.3 is 20.3 Å². The number of pyridine rings is 3. The molecule has 172 valence electrons. The third-order valence-electron chi connectivity index (χ3n) is 7.00. The second-order valence-electron chi connectivity index (χ2n) is 9.27. The average Bonchev–Trinajstić information content (AvgIpc) is 3.29. The average molecular weight is 457 g/mol. The van der Waals surface area contributed by atoms with Crippen molar-refractivity contribution >= 4 is 39.6 Å². The molecule has 2 saturated heterocycles. The van der Waals surface area contributed by atoms with Crippen LogP contribution in [0, 0.1) is 5.92 Å². The maximum Gasteiger partial charge on any atom is 0.228 e.